The van der Waals surface area contributed by atoms with E-state index in [1.807, 2.05) is 23.9 Å². The van der Waals surface area contributed by atoms with Crippen LogP contribution in [0.5, 0.6) is 0 Å². The van der Waals surface area contributed by atoms with Crippen LogP contribution in [0.1, 0.15) is 12.0 Å². The fourth-order valence-electron chi connectivity index (χ4n) is 1.90. The molecular formula is C12H15ClN2. The van der Waals surface area contributed by atoms with Gasteiger partial charge < -0.3 is 10.3 Å². The highest BCUT2D eigenvalue weighted by Crippen LogP contribution is 2.26. The molecule has 0 atom stereocenters. The van der Waals surface area contributed by atoms with E-state index in [4.69, 9.17) is 17.3 Å². The Morgan fingerprint density at radius 3 is 2.93 bits per heavy atom. The number of nitrogens with two attached hydrogens (primary N) is 1. The van der Waals surface area contributed by atoms with Gasteiger partial charge in [-0.05, 0) is 43.1 Å². The van der Waals surface area contributed by atoms with Crippen LogP contribution >= 0.6 is 11.6 Å². The molecule has 0 amide bonds. The summed E-state index contributed by atoms with van der Waals surface area (Å²) in [4.78, 5) is 0. The molecule has 2 nitrogen and oxygen atoms in total. The van der Waals surface area contributed by atoms with E-state index in [1.165, 1.54) is 10.9 Å². The Bertz CT molecular complexity index is 474. The molecule has 80 valence electrons. The van der Waals surface area contributed by atoms with Crippen molar-refractivity contribution in [3.63, 3.8) is 0 Å². The zero-order valence-corrected chi connectivity index (χ0v) is 9.59. The molecule has 0 unspecified atom stereocenters. The quantitative estimate of drug-likeness (QED) is 0.851. The molecule has 0 spiro atoms. The van der Waals surface area contributed by atoms with Crippen molar-refractivity contribution in [1.29, 1.82) is 0 Å². The molecule has 2 rings (SSSR count). The number of aryl methyl sites for hydroxylation is 2. The van der Waals surface area contributed by atoms with Crippen LogP contribution in [-0.2, 0) is 13.5 Å². The summed E-state index contributed by atoms with van der Waals surface area (Å²) in [6, 6.07) is 6.32. The lowest BCUT2D eigenvalue weighted by Gasteiger charge is -2.04. The van der Waals surface area contributed by atoms with Crippen molar-refractivity contribution >= 4 is 22.5 Å². The minimum Gasteiger partial charge on any atom is -0.349 e. The maximum Gasteiger partial charge on any atom is 0.0667 e. The third kappa shape index (κ3) is 2.01. The minimum absolute atomic E-state index is 0.727. The highest BCUT2D eigenvalue weighted by molar-refractivity contribution is 6.35. The Kier molecular flexibility index (Phi) is 2.98. The van der Waals surface area contributed by atoms with Gasteiger partial charge in [-0.15, -0.1) is 0 Å². The van der Waals surface area contributed by atoms with Crippen LogP contribution < -0.4 is 5.73 Å². The van der Waals surface area contributed by atoms with Gasteiger partial charge in [0.05, 0.1) is 10.5 Å². The molecule has 2 aromatic rings. The van der Waals surface area contributed by atoms with E-state index >= 15 is 0 Å². The topological polar surface area (TPSA) is 30.9 Å². The van der Waals surface area contributed by atoms with Crippen molar-refractivity contribution in [1.82, 2.24) is 4.57 Å². The van der Waals surface area contributed by atoms with E-state index < -0.39 is 0 Å². The maximum atomic E-state index is 6.24. The molecular weight excluding hydrogens is 208 g/mol. The lowest BCUT2D eigenvalue weighted by molar-refractivity contribution is 0.833. The Labute approximate surface area is 94.6 Å². The maximum absolute atomic E-state index is 6.24. The van der Waals surface area contributed by atoms with Crippen LogP contribution in [0, 0.1) is 0 Å². The van der Waals surface area contributed by atoms with Gasteiger partial charge in [-0.25, -0.2) is 0 Å². The number of nitrogens with zero attached hydrogens (tertiary/aromatic N) is 1. The fourth-order valence-corrected chi connectivity index (χ4v) is 2.28. The van der Waals surface area contributed by atoms with E-state index in [2.05, 4.69) is 12.1 Å². The van der Waals surface area contributed by atoms with Gasteiger partial charge in [0.15, 0.2) is 0 Å². The molecule has 0 aliphatic carbocycles. The SMILES string of the molecule is Cn1ccc2cc(CCCN)cc(Cl)c21. The van der Waals surface area contributed by atoms with Crippen LogP contribution in [-0.4, -0.2) is 11.1 Å². The van der Waals surface area contributed by atoms with Gasteiger partial charge in [0.1, 0.15) is 0 Å². The summed E-state index contributed by atoms with van der Waals surface area (Å²) in [6.07, 6.45) is 4.04. The molecule has 3 heteroatoms. The van der Waals surface area contributed by atoms with Crippen LogP contribution in [0.25, 0.3) is 10.9 Å². The molecule has 1 aromatic carbocycles. The summed E-state index contributed by atoms with van der Waals surface area (Å²) in [5.74, 6) is 0. The first-order chi connectivity index (χ1) is 7.22. The standard InChI is InChI=1S/C12H15ClN2/c1-15-6-4-10-7-9(3-2-5-14)8-11(13)12(10)15/h4,6-8H,2-3,5,14H2,1H3. The monoisotopic (exact) mass is 222 g/mol. The molecule has 15 heavy (non-hydrogen) atoms. The molecule has 2 N–H and O–H groups in total. The van der Waals surface area contributed by atoms with Crippen LogP contribution in [0.15, 0.2) is 24.4 Å². The Hall–Kier alpha value is -0.990. The predicted molar refractivity (Wildman–Crippen MR) is 65.3 cm³/mol. The van der Waals surface area contributed by atoms with Gasteiger partial charge in [-0.2, -0.15) is 0 Å². The van der Waals surface area contributed by atoms with Crippen molar-refractivity contribution in [2.24, 2.45) is 12.8 Å². The Balaban J connectivity index is 2.44. The molecule has 0 saturated carbocycles. The average Bonchev–Trinajstić information content (AvgIpc) is 2.58. The van der Waals surface area contributed by atoms with Crippen molar-refractivity contribution in [3.8, 4) is 0 Å². The number of halogens is 1. The van der Waals surface area contributed by atoms with Gasteiger partial charge in [0.25, 0.3) is 0 Å². The highest BCUT2D eigenvalue weighted by Gasteiger charge is 2.05. The zero-order valence-electron chi connectivity index (χ0n) is 8.83. The van der Waals surface area contributed by atoms with Crippen molar-refractivity contribution in [3.05, 3.63) is 35.0 Å². The molecule has 0 radical (unpaired) electrons. The van der Waals surface area contributed by atoms with Crippen LogP contribution in [0.2, 0.25) is 5.02 Å². The smallest absolute Gasteiger partial charge is 0.0667 e. The van der Waals surface area contributed by atoms with Crippen molar-refractivity contribution in [2.45, 2.75) is 12.8 Å². The Morgan fingerprint density at radius 2 is 2.20 bits per heavy atom. The van der Waals surface area contributed by atoms with Crippen molar-refractivity contribution in [2.75, 3.05) is 6.54 Å². The minimum atomic E-state index is 0.727. The number of aromatic nitrogens is 1. The van der Waals surface area contributed by atoms with E-state index in [0.29, 0.717) is 0 Å². The van der Waals surface area contributed by atoms with E-state index in [9.17, 15) is 0 Å². The van der Waals surface area contributed by atoms with Gasteiger partial charge in [0.2, 0.25) is 0 Å². The lowest BCUT2D eigenvalue weighted by atomic mass is 10.1. The summed E-state index contributed by atoms with van der Waals surface area (Å²) in [6.45, 7) is 0.727. The molecule has 0 aliphatic rings. The molecule has 1 aromatic heterocycles. The summed E-state index contributed by atoms with van der Waals surface area (Å²) < 4.78 is 2.05. The van der Waals surface area contributed by atoms with E-state index in [1.54, 1.807) is 0 Å². The lowest BCUT2D eigenvalue weighted by Crippen LogP contribution is -2.00. The van der Waals surface area contributed by atoms with Crippen LogP contribution in [0.4, 0.5) is 0 Å². The number of hydrogen-bond acceptors (Lipinski definition) is 1. The first-order valence-corrected chi connectivity index (χ1v) is 5.53. The summed E-state index contributed by atoms with van der Waals surface area (Å²) >= 11 is 6.24. The Morgan fingerprint density at radius 1 is 1.40 bits per heavy atom. The molecule has 0 saturated heterocycles. The summed E-state index contributed by atoms with van der Waals surface area (Å²) in [5.41, 5.74) is 7.87. The fraction of sp³-hybridized carbons (Fsp3) is 0.333. The predicted octanol–water partition coefficient (Wildman–Crippen LogP) is 2.72. The normalized spacial score (nSPS) is 11.1. The second-order valence-electron chi connectivity index (χ2n) is 3.83. The van der Waals surface area contributed by atoms with Crippen LogP contribution in [0.3, 0.4) is 0 Å². The first kappa shape index (κ1) is 10.5. The molecule has 1 heterocycles. The average molecular weight is 223 g/mol. The van der Waals surface area contributed by atoms with Gasteiger partial charge in [-0.1, -0.05) is 11.6 Å². The number of rotatable bonds is 3. The summed E-state index contributed by atoms with van der Waals surface area (Å²) in [5, 5.41) is 2.03. The largest absolute Gasteiger partial charge is 0.349 e. The van der Waals surface area contributed by atoms with Gasteiger partial charge >= 0.3 is 0 Å². The third-order valence-electron chi connectivity index (χ3n) is 2.65. The van der Waals surface area contributed by atoms with E-state index in [-0.39, 0.29) is 0 Å². The summed E-state index contributed by atoms with van der Waals surface area (Å²) in [7, 11) is 2.01. The van der Waals surface area contributed by atoms with Crippen molar-refractivity contribution < 1.29 is 0 Å². The highest BCUT2D eigenvalue weighted by atomic mass is 35.5. The second-order valence-corrected chi connectivity index (χ2v) is 4.24. The van der Waals surface area contributed by atoms with Gasteiger partial charge in [-0.3, -0.25) is 0 Å². The van der Waals surface area contributed by atoms with E-state index in [0.717, 1.165) is 29.9 Å². The molecule has 0 aliphatic heterocycles. The van der Waals surface area contributed by atoms with Gasteiger partial charge in [0, 0.05) is 18.6 Å². The number of hydrogen-bond donors (Lipinski definition) is 1. The zero-order chi connectivity index (χ0) is 10.8. The first-order valence-electron chi connectivity index (χ1n) is 5.16. The number of fused-ring (bicyclic) bond motifs is 1. The third-order valence-corrected chi connectivity index (χ3v) is 2.94. The second kappa shape index (κ2) is 4.25. The molecule has 0 bridgehead atoms. The molecule has 0 fully saturated rings. The number of benzene rings is 1.